The fourth-order valence-corrected chi connectivity index (χ4v) is 4.07. The molecule has 0 amide bonds. The van der Waals surface area contributed by atoms with E-state index in [0.29, 0.717) is 5.69 Å². The topological polar surface area (TPSA) is 6.48 Å². The molecule has 2 nitrogen and oxygen atoms in total. The highest BCUT2D eigenvalue weighted by Gasteiger charge is 2.29. The van der Waals surface area contributed by atoms with Gasteiger partial charge in [-0.15, -0.1) is 0 Å². The SMILES string of the molecule is Fc1ccc(N2SN(CCCCCBr)c3ccccc32)c(F)c1. The highest BCUT2D eigenvalue weighted by atomic mass is 79.9. The molecule has 1 aliphatic heterocycles. The van der Waals surface area contributed by atoms with E-state index in [1.54, 1.807) is 0 Å². The van der Waals surface area contributed by atoms with Crippen LogP contribution in [0.5, 0.6) is 0 Å². The largest absolute Gasteiger partial charge is 0.296 e. The van der Waals surface area contributed by atoms with Gasteiger partial charge in [0.25, 0.3) is 0 Å². The molecule has 1 aliphatic rings. The van der Waals surface area contributed by atoms with Crippen LogP contribution in [0.3, 0.4) is 0 Å². The van der Waals surface area contributed by atoms with Gasteiger partial charge in [-0.1, -0.05) is 34.5 Å². The van der Waals surface area contributed by atoms with Crippen molar-refractivity contribution < 1.29 is 8.78 Å². The Hall–Kier alpha value is -1.27. The van der Waals surface area contributed by atoms with Crippen molar-refractivity contribution in [2.45, 2.75) is 19.3 Å². The van der Waals surface area contributed by atoms with Crippen molar-refractivity contribution in [3.05, 3.63) is 54.1 Å². The molecular weight excluding hydrogens is 382 g/mol. The van der Waals surface area contributed by atoms with E-state index in [1.807, 2.05) is 28.6 Å². The summed E-state index contributed by atoms with van der Waals surface area (Å²) in [5.74, 6) is -1.11. The van der Waals surface area contributed by atoms with Crippen LogP contribution in [0, 0.1) is 11.6 Å². The number of rotatable bonds is 6. The average molecular weight is 399 g/mol. The van der Waals surface area contributed by atoms with E-state index < -0.39 is 11.6 Å². The molecule has 3 rings (SSSR count). The number of benzene rings is 2. The van der Waals surface area contributed by atoms with Crippen LogP contribution in [0.2, 0.25) is 0 Å². The summed E-state index contributed by atoms with van der Waals surface area (Å²) in [6.45, 7) is 0.897. The van der Waals surface area contributed by atoms with Crippen LogP contribution in [-0.4, -0.2) is 11.9 Å². The second-order valence-corrected chi connectivity index (χ2v) is 7.07. The summed E-state index contributed by atoms with van der Waals surface area (Å²) in [5.41, 5.74) is 2.38. The van der Waals surface area contributed by atoms with Crippen LogP contribution in [0.25, 0.3) is 0 Å². The first-order valence-electron chi connectivity index (χ1n) is 7.56. The summed E-state index contributed by atoms with van der Waals surface area (Å²) in [7, 11) is 0. The Labute approximate surface area is 147 Å². The third kappa shape index (κ3) is 3.63. The van der Waals surface area contributed by atoms with Crippen molar-refractivity contribution in [3.8, 4) is 0 Å². The molecule has 0 aromatic heterocycles. The molecule has 0 atom stereocenters. The lowest BCUT2D eigenvalue weighted by Crippen LogP contribution is -2.15. The zero-order valence-corrected chi connectivity index (χ0v) is 14.9. The van der Waals surface area contributed by atoms with Crippen LogP contribution >= 0.6 is 28.1 Å². The maximum Gasteiger partial charge on any atom is 0.150 e. The van der Waals surface area contributed by atoms with Gasteiger partial charge in [0.15, 0.2) is 5.82 Å². The van der Waals surface area contributed by atoms with Gasteiger partial charge in [-0.25, -0.2) is 8.78 Å². The zero-order valence-electron chi connectivity index (χ0n) is 12.5. The van der Waals surface area contributed by atoms with Crippen LogP contribution < -0.4 is 8.61 Å². The smallest absolute Gasteiger partial charge is 0.150 e. The van der Waals surface area contributed by atoms with Crippen LogP contribution in [0.15, 0.2) is 42.5 Å². The molecule has 0 fully saturated rings. The van der Waals surface area contributed by atoms with Gasteiger partial charge in [0.2, 0.25) is 0 Å². The quantitative estimate of drug-likeness (QED) is 0.332. The summed E-state index contributed by atoms with van der Waals surface area (Å²) in [5, 5.41) is 1.02. The predicted molar refractivity (Wildman–Crippen MR) is 97.5 cm³/mol. The summed E-state index contributed by atoms with van der Waals surface area (Å²) < 4.78 is 31.3. The number of nitrogens with zero attached hydrogens (tertiary/aromatic N) is 2. The summed E-state index contributed by atoms with van der Waals surface area (Å²) in [4.78, 5) is 0. The highest BCUT2D eigenvalue weighted by molar-refractivity contribution is 9.09. The van der Waals surface area contributed by atoms with Gasteiger partial charge in [-0.3, -0.25) is 8.61 Å². The minimum Gasteiger partial charge on any atom is -0.296 e. The molecule has 0 unspecified atom stereocenters. The molecule has 23 heavy (non-hydrogen) atoms. The summed E-state index contributed by atoms with van der Waals surface area (Å²) in [6, 6.07) is 11.6. The Bertz CT molecular complexity index is 683. The minimum absolute atomic E-state index is 0.381. The van der Waals surface area contributed by atoms with E-state index in [2.05, 4.69) is 20.2 Å². The van der Waals surface area contributed by atoms with Gasteiger partial charge in [-0.05, 0) is 37.1 Å². The number of para-hydroxylation sites is 2. The highest BCUT2D eigenvalue weighted by Crippen LogP contribution is 2.49. The second kappa shape index (κ2) is 7.53. The van der Waals surface area contributed by atoms with Crippen molar-refractivity contribution in [1.82, 2.24) is 0 Å². The molecule has 6 heteroatoms. The number of unbranched alkanes of at least 4 members (excludes halogenated alkanes) is 2. The first kappa shape index (κ1) is 16.6. The Morgan fingerprint density at radius 1 is 0.913 bits per heavy atom. The predicted octanol–water partition coefficient (Wildman–Crippen LogP) is 6.05. The van der Waals surface area contributed by atoms with Gasteiger partial charge in [0.05, 0.1) is 29.2 Å². The van der Waals surface area contributed by atoms with Crippen molar-refractivity contribution in [3.63, 3.8) is 0 Å². The molecule has 0 aliphatic carbocycles. The molecule has 0 saturated carbocycles. The Morgan fingerprint density at radius 3 is 2.43 bits per heavy atom. The van der Waals surface area contributed by atoms with E-state index in [-0.39, 0.29) is 0 Å². The lowest BCUT2D eigenvalue weighted by atomic mass is 10.2. The van der Waals surface area contributed by atoms with E-state index in [4.69, 9.17) is 0 Å². The third-order valence-electron chi connectivity index (χ3n) is 3.67. The fraction of sp³-hybridized carbons (Fsp3) is 0.294. The number of anilines is 3. The van der Waals surface area contributed by atoms with Gasteiger partial charge >= 0.3 is 0 Å². The first-order chi connectivity index (χ1) is 11.2. The normalized spacial score (nSPS) is 13.5. The molecule has 0 N–H and O–H groups in total. The molecule has 0 spiro atoms. The van der Waals surface area contributed by atoms with E-state index in [0.717, 1.165) is 48.6 Å². The number of alkyl halides is 1. The molecule has 2 aromatic rings. The average Bonchev–Trinajstić information content (AvgIpc) is 2.91. The monoisotopic (exact) mass is 398 g/mol. The molecule has 1 heterocycles. The maximum absolute atomic E-state index is 14.2. The maximum atomic E-state index is 14.2. The standard InChI is InChI=1S/C17H17BrF2N2S/c18-10-4-1-5-11-21-16-6-2-3-7-17(16)22(23-21)15-9-8-13(19)12-14(15)20/h2-3,6-9,12H,1,4-5,10-11H2. The second-order valence-electron chi connectivity index (χ2n) is 5.31. The molecule has 0 radical (unpaired) electrons. The van der Waals surface area contributed by atoms with E-state index in [9.17, 15) is 8.78 Å². The van der Waals surface area contributed by atoms with Gasteiger partial charge in [0.1, 0.15) is 5.82 Å². The van der Waals surface area contributed by atoms with Crippen LogP contribution in [0.4, 0.5) is 25.8 Å². The molecular formula is C17H17BrF2N2S. The Balaban J connectivity index is 1.83. The molecule has 122 valence electrons. The number of hydrogen-bond acceptors (Lipinski definition) is 3. The molecule has 0 bridgehead atoms. The van der Waals surface area contributed by atoms with Gasteiger partial charge in [-0.2, -0.15) is 0 Å². The lowest BCUT2D eigenvalue weighted by molar-refractivity contribution is 0.585. The fourth-order valence-electron chi connectivity index (χ4n) is 2.54. The van der Waals surface area contributed by atoms with Crippen molar-refractivity contribution >= 4 is 45.1 Å². The Kier molecular flexibility index (Phi) is 5.43. The number of fused-ring (bicyclic) bond motifs is 1. The van der Waals surface area contributed by atoms with Crippen molar-refractivity contribution in [2.75, 3.05) is 20.5 Å². The van der Waals surface area contributed by atoms with Gasteiger partial charge in [0, 0.05) is 17.9 Å². The van der Waals surface area contributed by atoms with Crippen molar-refractivity contribution in [1.29, 1.82) is 0 Å². The minimum atomic E-state index is -0.560. The lowest BCUT2D eigenvalue weighted by Gasteiger charge is -2.20. The molecule has 2 aromatic carbocycles. The Morgan fingerprint density at radius 2 is 1.70 bits per heavy atom. The van der Waals surface area contributed by atoms with E-state index >= 15 is 0 Å². The van der Waals surface area contributed by atoms with Crippen LogP contribution in [0.1, 0.15) is 19.3 Å². The number of halogens is 3. The van der Waals surface area contributed by atoms with Crippen molar-refractivity contribution in [2.24, 2.45) is 0 Å². The third-order valence-corrected chi connectivity index (χ3v) is 5.37. The number of hydrogen-bond donors (Lipinski definition) is 0. The molecule has 0 saturated heterocycles. The van der Waals surface area contributed by atoms with Gasteiger partial charge < -0.3 is 0 Å². The van der Waals surface area contributed by atoms with Crippen LogP contribution in [-0.2, 0) is 0 Å². The van der Waals surface area contributed by atoms with E-state index in [1.165, 1.54) is 24.3 Å². The summed E-state index contributed by atoms with van der Waals surface area (Å²) in [6.07, 6.45) is 3.37. The first-order valence-corrected chi connectivity index (χ1v) is 9.41. The zero-order chi connectivity index (χ0) is 16.2. The summed E-state index contributed by atoms with van der Waals surface area (Å²) >= 11 is 4.91.